The molecule has 15 heavy (non-hydrogen) atoms. The van der Waals surface area contributed by atoms with Gasteiger partial charge in [0.1, 0.15) is 5.69 Å². The van der Waals surface area contributed by atoms with Crippen LogP contribution in [0.15, 0.2) is 12.3 Å². The van der Waals surface area contributed by atoms with Gasteiger partial charge >= 0.3 is 0 Å². The second-order valence-corrected chi connectivity index (χ2v) is 4.90. The number of nitrogens with zero attached hydrogens (tertiary/aromatic N) is 3. The Kier molecular flexibility index (Phi) is 3.27. The SMILES string of the molecule is CCCCn1ccc(-c2n[nH]c(=S)s2)n1. The maximum atomic E-state index is 4.98. The number of H-pyrrole nitrogens is 1. The van der Waals surface area contributed by atoms with Gasteiger partial charge in [-0.15, -0.1) is 0 Å². The van der Waals surface area contributed by atoms with E-state index in [0.717, 1.165) is 23.7 Å². The van der Waals surface area contributed by atoms with Crippen molar-refractivity contribution in [1.29, 1.82) is 0 Å². The second kappa shape index (κ2) is 4.67. The molecule has 0 radical (unpaired) electrons. The highest BCUT2D eigenvalue weighted by Gasteiger charge is 2.05. The molecule has 0 aromatic carbocycles. The third kappa shape index (κ3) is 2.51. The lowest BCUT2D eigenvalue weighted by Crippen LogP contribution is -1.97. The Morgan fingerprint density at radius 2 is 2.47 bits per heavy atom. The van der Waals surface area contributed by atoms with Crippen LogP contribution in [0.4, 0.5) is 0 Å². The van der Waals surface area contributed by atoms with Gasteiger partial charge < -0.3 is 0 Å². The molecule has 0 aliphatic carbocycles. The molecule has 2 rings (SSSR count). The van der Waals surface area contributed by atoms with Gasteiger partial charge in [-0.3, -0.25) is 9.78 Å². The topological polar surface area (TPSA) is 46.5 Å². The van der Waals surface area contributed by atoms with Gasteiger partial charge in [-0.25, -0.2) is 0 Å². The molecule has 80 valence electrons. The Hall–Kier alpha value is -1.01. The van der Waals surface area contributed by atoms with Crippen molar-refractivity contribution in [3.05, 3.63) is 16.2 Å². The zero-order valence-corrected chi connectivity index (χ0v) is 10.1. The van der Waals surface area contributed by atoms with E-state index in [1.54, 1.807) is 0 Å². The standard InChI is InChI=1S/C9H12N4S2/c1-2-3-5-13-6-4-7(12-13)8-10-11-9(14)15-8/h4,6H,2-3,5H2,1H3,(H,11,14). The summed E-state index contributed by atoms with van der Waals surface area (Å²) in [4.78, 5) is 0. The molecule has 0 unspecified atom stereocenters. The number of aromatic amines is 1. The minimum atomic E-state index is 0.688. The first kappa shape index (κ1) is 10.5. The summed E-state index contributed by atoms with van der Waals surface area (Å²) in [7, 11) is 0. The Bertz CT molecular complexity index is 482. The molecule has 0 aliphatic heterocycles. The van der Waals surface area contributed by atoms with Crippen LogP contribution in [0.3, 0.4) is 0 Å². The van der Waals surface area contributed by atoms with Gasteiger partial charge in [-0.1, -0.05) is 24.7 Å². The normalized spacial score (nSPS) is 10.7. The smallest absolute Gasteiger partial charge is 0.176 e. The van der Waals surface area contributed by atoms with E-state index in [1.807, 2.05) is 16.9 Å². The molecule has 0 bridgehead atoms. The van der Waals surface area contributed by atoms with Crippen LogP contribution in [0, 0.1) is 3.95 Å². The zero-order chi connectivity index (χ0) is 10.7. The molecule has 0 saturated carbocycles. The summed E-state index contributed by atoms with van der Waals surface area (Å²) in [6, 6.07) is 1.97. The summed E-state index contributed by atoms with van der Waals surface area (Å²) in [6.45, 7) is 3.13. The molecule has 0 aliphatic rings. The summed E-state index contributed by atoms with van der Waals surface area (Å²) in [5, 5.41) is 12.1. The van der Waals surface area contributed by atoms with Crippen molar-refractivity contribution in [2.45, 2.75) is 26.3 Å². The number of rotatable bonds is 4. The number of aromatic nitrogens is 4. The average molecular weight is 240 g/mol. The molecule has 0 spiro atoms. The van der Waals surface area contributed by atoms with Crippen molar-refractivity contribution < 1.29 is 0 Å². The van der Waals surface area contributed by atoms with E-state index >= 15 is 0 Å². The van der Waals surface area contributed by atoms with Gasteiger partial charge in [0, 0.05) is 12.7 Å². The predicted octanol–water partition coefficient (Wildman–Crippen LogP) is 2.86. The van der Waals surface area contributed by atoms with Gasteiger partial charge in [-0.05, 0) is 24.7 Å². The first-order chi connectivity index (χ1) is 7.29. The molecule has 0 saturated heterocycles. The lowest BCUT2D eigenvalue weighted by molar-refractivity contribution is 0.573. The lowest BCUT2D eigenvalue weighted by atomic mass is 10.3. The summed E-state index contributed by atoms with van der Waals surface area (Å²) < 4.78 is 2.64. The summed E-state index contributed by atoms with van der Waals surface area (Å²) in [5.74, 6) is 0. The van der Waals surface area contributed by atoms with Crippen LogP contribution in [-0.4, -0.2) is 20.0 Å². The first-order valence-corrected chi connectivity index (χ1v) is 6.11. The van der Waals surface area contributed by atoms with Crippen LogP contribution in [-0.2, 0) is 6.54 Å². The second-order valence-electron chi connectivity index (χ2n) is 3.24. The minimum absolute atomic E-state index is 0.688. The zero-order valence-electron chi connectivity index (χ0n) is 8.43. The van der Waals surface area contributed by atoms with E-state index < -0.39 is 0 Å². The Morgan fingerprint density at radius 1 is 1.60 bits per heavy atom. The number of unbranched alkanes of at least 4 members (excludes halogenated alkanes) is 1. The van der Waals surface area contributed by atoms with Crippen LogP contribution in [0.5, 0.6) is 0 Å². The van der Waals surface area contributed by atoms with Gasteiger partial charge in [0.15, 0.2) is 8.96 Å². The molecule has 2 aromatic heterocycles. The van der Waals surface area contributed by atoms with Crippen molar-refractivity contribution in [3.8, 4) is 10.7 Å². The van der Waals surface area contributed by atoms with Crippen LogP contribution in [0.2, 0.25) is 0 Å². The highest BCUT2D eigenvalue weighted by molar-refractivity contribution is 7.73. The van der Waals surface area contributed by atoms with Crippen molar-refractivity contribution in [3.63, 3.8) is 0 Å². The number of aryl methyl sites for hydroxylation is 1. The van der Waals surface area contributed by atoms with E-state index in [2.05, 4.69) is 22.2 Å². The predicted molar refractivity (Wildman–Crippen MR) is 63.4 cm³/mol. The van der Waals surface area contributed by atoms with Gasteiger partial charge in [-0.2, -0.15) is 10.2 Å². The number of nitrogens with one attached hydrogen (secondary N) is 1. The Labute approximate surface area is 97.0 Å². The van der Waals surface area contributed by atoms with Gasteiger partial charge in [0.2, 0.25) is 0 Å². The minimum Gasteiger partial charge on any atom is -0.272 e. The van der Waals surface area contributed by atoms with Crippen LogP contribution in [0.25, 0.3) is 10.7 Å². The summed E-state index contributed by atoms with van der Waals surface area (Å²) in [6.07, 6.45) is 4.31. The fourth-order valence-electron chi connectivity index (χ4n) is 1.26. The Balaban J connectivity index is 2.16. The average Bonchev–Trinajstić information content (AvgIpc) is 2.83. The van der Waals surface area contributed by atoms with Gasteiger partial charge in [0.05, 0.1) is 0 Å². The molecule has 2 heterocycles. The first-order valence-electron chi connectivity index (χ1n) is 4.89. The van der Waals surface area contributed by atoms with Crippen molar-refractivity contribution in [2.24, 2.45) is 0 Å². The van der Waals surface area contributed by atoms with E-state index in [-0.39, 0.29) is 0 Å². The molecule has 0 amide bonds. The third-order valence-electron chi connectivity index (χ3n) is 2.04. The van der Waals surface area contributed by atoms with Crippen LogP contribution >= 0.6 is 23.6 Å². The fourth-order valence-corrected chi connectivity index (χ4v) is 2.11. The van der Waals surface area contributed by atoms with E-state index in [1.165, 1.54) is 17.8 Å². The maximum Gasteiger partial charge on any atom is 0.176 e. The quantitative estimate of drug-likeness (QED) is 0.836. The molecule has 2 aromatic rings. The van der Waals surface area contributed by atoms with Crippen LogP contribution in [0.1, 0.15) is 19.8 Å². The van der Waals surface area contributed by atoms with Crippen molar-refractivity contribution in [1.82, 2.24) is 20.0 Å². The number of hydrogen-bond donors (Lipinski definition) is 1. The monoisotopic (exact) mass is 240 g/mol. The fraction of sp³-hybridized carbons (Fsp3) is 0.444. The molecule has 0 fully saturated rings. The summed E-state index contributed by atoms with van der Waals surface area (Å²) in [5.41, 5.74) is 0.892. The number of hydrogen-bond acceptors (Lipinski definition) is 4. The van der Waals surface area contributed by atoms with E-state index in [4.69, 9.17) is 12.2 Å². The molecular weight excluding hydrogens is 228 g/mol. The highest BCUT2D eigenvalue weighted by atomic mass is 32.1. The maximum absolute atomic E-state index is 4.98. The van der Waals surface area contributed by atoms with Gasteiger partial charge in [0.25, 0.3) is 0 Å². The molecule has 6 heteroatoms. The van der Waals surface area contributed by atoms with E-state index in [9.17, 15) is 0 Å². The van der Waals surface area contributed by atoms with Crippen molar-refractivity contribution >= 4 is 23.6 Å². The molecule has 0 atom stereocenters. The van der Waals surface area contributed by atoms with E-state index in [0.29, 0.717) is 3.95 Å². The van der Waals surface area contributed by atoms with Crippen molar-refractivity contribution in [2.75, 3.05) is 0 Å². The molecule has 1 N–H and O–H groups in total. The highest BCUT2D eigenvalue weighted by Crippen LogP contribution is 2.19. The third-order valence-corrected chi connectivity index (χ3v) is 3.15. The summed E-state index contributed by atoms with van der Waals surface area (Å²) >= 11 is 6.43. The largest absolute Gasteiger partial charge is 0.272 e. The lowest BCUT2D eigenvalue weighted by Gasteiger charge is -1.97. The Morgan fingerprint density at radius 3 is 3.13 bits per heavy atom. The molecule has 4 nitrogen and oxygen atoms in total. The molecular formula is C9H12N4S2. The van der Waals surface area contributed by atoms with Crippen LogP contribution < -0.4 is 0 Å².